The fourth-order valence-corrected chi connectivity index (χ4v) is 1.28. The second kappa shape index (κ2) is 5.89. The van der Waals surface area contributed by atoms with Crippen LogP contribution in [-0.4, -0.2) is 24.6 Å². The molecule has 3 N–H and O–H groups in total. The SMILES string of the molecule is Cc1ccc(C(=O)NC[C@H](C)OC(N)=O)cc1. The van der Waals surface area contributed by atoms with Crippen molar-refractivity contribution in [3.05, 3.63) is 35.4 Å². The Labute approximate surface area is 99.9 Å². The monoisotopic (exact) mass is 236 g/mol. The maximum Gasteiger partial charge on any atom is 0.404 e. The summed E-state index contributed by atoms with van der Waals surface area (Å²) in [6.45, 7) is 3.83. The van der Waals surface area contributed by atoms with Crippen LogP contribution in [0.25, 0.3) is 0 Å². The van der Waals surface area contributed by atoms with Crippen molar-refractivity contribution in [3.8, 4) is 0 Å². The lowest BCUT2D eigenvalue weighted by Crippen LogP contribution is -2.34. The van der Waals surface area contributed by atoms with Crippen LogP contribution in [0.4, 0.5) is 4.79 Å². The first-order chi connectivity index (χ1) is 7.99. The van der Waals surface area contributed by atoms with Gasteiger partial charge in [0.05, 0.1) is 6.54 Å². The lowest BCUT2D eigenvalue weighted by Gasteiger charge is -2.12. The van der Waals surface area contributed by atoms with Gasteiger partial charge in [-0.05, 0) is 26.0 Å². The van der Waals surface area contributed by atoms with Crippen molar-refractivity contribution < 1.29 is 14.3 Å². The summed E-state index contributed by atoms with van der Waals surface area (Å²) in [7, 11) is 0. The summed E-state index contributed by atoms with van der Waals surface area (Å²) < 4.78 is 4.68. The highest BCUT2D eigenvalue weighted by Crippen LogP contribution is 2.02. The number of nitrogens with two attached hydrogens (primary N) is 1. The molecule has 0 aliphatic rings. The number of aryl methyl sites for hydroxylation is 1. The number of rotatable bonds is 4. The van der Waals surface area contributed by atoms with Crippen molar-refractivity contribution in [1.29, 1.82) is 0 Å². The molecule has 1 aromatic carbocycles. The van der Waals surface area contributed by atoms with E-state index in [1.54, 1.807) is 19.1 Å². The van der Waals surface area contributed by atoms with E-state index in [2.05, 4.69) is 10.1 Å². The van der Waals surface area contributed by atoms with Crippen LogP contribution >= 0.6 is 0 Å². The molecule has 92 valence electrons. The van der Waals surface area contributed by atoms with Gasteiger partial charge < -0.3 is 15.8 Å². The van der Waals surface area contributed by atoms with E-state index in [4.69, 9.17) is 5.73 Å². The number of hydrogen-bond donors (Lipinski definition) is 2. The Bertz CT molecular complexity index is 401. The summed E-state index contributed by atoms with van der Waals surface area (Å²) in [6, 6.07) is 7.20. The number of hydrogen-bond acceptors (Lipinski definition) is 3. The maximum absolute atomic E-state index is 11.7. The molecule has 1 rings (SSSR count). The second-order valence-electron chi connectivity index (χ2n) is 3.82. The lowest BCUT2D eigenvalue weighted by molar-refractivity contribution is 0.0884. The van der Waals surface area contributed by atoms with Crippen molar-refractivity contribution >= 4 is 12.0 Å². The van der Waals surface area contributed by atoms with Gasteiger partial charge in [-0.15, -0.1) is 0 Å². The summed E-state index contributed by atoms with van der Waals surface area (Å²) in [4.78, 5) is 22.1. The molecule has 0 saturated heterocycles. The maximum atomic E-state index is 11.7. The minimum Gasteiger partial charge on any atom is -0.445 e. The van der Waals surface area contributed by atoms with Crippen molar-refractivity contribution in [2.45, 2.75) is 20.0 Å². The van der Waals surface area contributed by atoms with E-state index >= 15 is 0 Å². The summed E-state index contributed by atoms with van der Waals surface area (Å²) >= 11 is 0. The first-order valence-electron chi connectivity index (χ1n) is 5.30. The van der Waals surface area contributed by atoms with Gasteiger partial charge in [-0.1, -0.05) is 17.7 Å². The number of amides is 2. The Balaban J connectivity index is 2.44. The molecular weight excluding hydrogens is 220 g/mol. The highest BCUT2D eigenvalue weighted by Gasteiger charge is 2.09. The van der Waals surface area contributed by atoms with Crippen LogP contribution in [0.2, 0.25) is 0 Å². The summed E-state index contributed by atoms with van der Waals surface area (Å²) in [5.74, 6) is -0.204. The molecule has 0 bridgehead atoms. The van der Waals surface area contributed by atoms with E-state index in [1.165, 1.54) is 0 Å². The van der Waals surface area contributed by atoms with Gasteiger partial charge in [0.1, 0.15) is 6.10 Å². The van der Waals surface area contributed by atoms with Gasteiger partial charge >= 0.3 is 6.09 Å². The first-order valence-corrected chi connectivity index (χ1v) is 5.30. The van der Waals surface area contributed by atoms with Crippen LogP contribution in [0.1, 0.15) is 22.8 Å². The van der Waals surface area contributed by atoms with Crippen molar-refractivity contribution in [2.24, 2.45) is 5.73 Å². The molecule has 0 aromatic heterocycles. The quantitative estimate of drug-likeness (QED) is 0.824. The molecule has 0 aliphatic heterocycles. The predicted octanol–water partition coefficient (Wildman–Crippen LogP) is 1.21. The van der Waals surface area contributed by atoms with Crippen LogP contribution in [0, 0.1) is 6.92 Å². The van der Waals surface area contributed by atoms with Crippen molar-refractivity contribution in [2.75, 3.05) is 6.54 Å². The average Bonchev–Trinajstić information content (AvgIpc) is 2.26. The number of carbonyl (C=O) groups is 2. The molecule has 0 fully saturated rings. The minimum atomic E-state index is -0.845. The van der Waals surface area contributed by atoms with Gasteiger partial charge in [0.2, 0.25) is 0 Å². The number of nitrogens with one attached hydrogen (secondary N) is 1. The summed E-state index contributed by atoms with van der Waals surface area (Å²) in [6.07, 6.45) is -1.29. The average molecular weight is 236 g/mol. The molecule has 5 heteroatoms. The zero-order chi connectivity index (χ0) is 12.8. The predicted molar refractivity (Wildman–Crippen MR) is 63.6 cm³/mol. The number of benzene rings is 1. The highest BCUT2D eigenvalue weighted by atomic mass is 16.6. The van der Waals surface area contributed by atoms with Crippen LogP contribution in [-0.2, 0) is 4.74 Å². The summed E-state index contributed by atoms with van der Waals surface area (Å²) in [5, 5.41) is 2.65. The topological polar surface area (TPSA) is 81.4 Å². The van der Waals surface area contributed by atoms with E-state index in [9.17, 15) is 9.59 Å². The van der Waals surface area contributed by atoms with Gasteiger partial charge in [0, 0.05) is 5.56 Å². The third kappa shape index (κ3) is 4.55. The summed E-state index contributed by atoms with van der Waals surface area (Å²) in [5.41, 5.74) is 6.51. The molecule has 1 atom stereocenters. The van der Waals surface area contributed by atoms with Gasteiger partial charge in [0.15, 0.2) is 0 Å². The number of ether oxygens (including phenoxy) is 1. The van der Waals surface area contributed by atoms with E-state index in [0.29, 0.717) is 5.56 Å². The Morgan fingerprint density at radius 1 is 1.35 bits per heavy atom. The molecule has 17 heavy (non-hydrogen) atoms. The van der Waals surface area contributed by atoms with E-state index in [0.717, 1.165) is 5.56 Å². The number of carbonyl (C=O) groups excluding carboxylic acids is 2. The lowest BCUT2D eigenvalue weighted by atomic mass is 10.1. The largest absolute Gasteiger partial charge is 0.445 e. The fourth-order valence-electron chi connectivity index (χ4n) is 1.28. The zero-order valence-corrected chi connectivity index (χ0v) is 9.90. The zero-order valence-electron chi connectivity index (χ0n) is 9.90. The normalized spacial score (nSPS) is 11.6. The molecule has 0 saturated carbocycles. The molecule has 0 radical (unpaired) electrons. The van der Waals surface area contributed by atoms with Crippen LogP contribution in [0.3, 0.4) is 0 Å². The van der Waals surface area contributed by atoms with Crippen LogP contribution in [0.15, 0.2) is 24.3 Å². The third-order valence-electron chi connectivity index (χ3n) is 2.18. The fraction of sp³-hybridized carbons (Fsp3) is 0.333. The molecule has 5 nitrogen and oxygen atoms in total. The van der Waals surface area contributed by atoms with E-state index in [-0.39, 0.29) is 12.5 Å². The molecule has 1 aromatic rings. The molecule has 2 amide bonds. The molecular formula is C12H16N2O3. The Morgan fingerprint density at radius 2 is 1.94 bits per heavy atom. The molecule has 0 aliphatic carbocycles. The van der Waals surface area contributed by atoms with Crippen LogP contribution < -0.4 is 11.1 Å². The minimum absolute atomic E-state index is 0.204. The number of primary amides is 1. The molecule has 0 heterocycles. The molecule has 0 spiro atoms. The standard InChI is InChI=1S/C12H16N2O3/c1-8-3-5-10(6-4-8)11(15)14-7-9(2)17-12(13)16/h3-6,9H,7H2,1-2H3,(H2,13,16)(H,14,15)/t9-/m0/s1. The Hall–Kier alpha value is -2.04. The van der Waals surface area contributed by atoms with Crippen molar-refractivity contribution in [1.82, 2.24) is 5.32 Å². The van der Waals surface area contributed by atoms with Gasteiger partial charge in [0.25, 0.3) is 5.91 Å². The second-order valence-corrected chi connectivity index (χ2v) is 3.82. The third-order valence-corrected chi connectivity index (χ3v) is 2.18. The smallest absolute Gasteiger partial charge is 0.404 e. The Morgan fingerprint density at radius 3 is 2.47 bits per heavy atom. The van der Waals surface area contributed by atoms with Crippen LogP contribution in [0.5, 0.6) is 0 Å². The van der Waals surface area contributed by atoms with Gasteiger partial charge in [-0.25, -0.2) is 4.79 Å². The van der Waals surface area contributed by atoms with Crippen molar-refractivity contribution in [3.63, 3.8) is 0 Å². The molecule has 0 unspecified atom stereocenters. The van der Waals surface area contributed by atoms with E-state index in [1.807, 2.05) is 19.1 Å². The van der Waals surface area contributed by atoms with E-state index < -0.39 is 12.2 Å². The van der Waals surface area contributed by atoms with Gasteiger partial charge in [-0.2, -0.15) is 0 Å². The first kappa shape index (κ1) is 13.0. The highest BCUT2D eigenvalue weighted by molar-refractivity contribution is 5.94. The Kier molecular flexibility index (Phi) is 4.51. The van der Waals surface area contributed by atoms with Gasteiger partial charge in [-0.3, -0.25) is 4.79 Å².